The van der Waals surface area contributed by atoms with Gasteiger partial charge in [0.2, 0.25) is 0 Å². The van der Waals surface area contributed by atoms with Crippen LogP contribution in [0.15, 0.2) is 25.0 Å². The Balaban J connectivity index is 1.57. The van der Waals surface area contributed by atoms with Gasteiger partial charge < -0.3 is 9.30 Å². The molecule has 3 heterocycles. The highest BCUT2D eigenvalue weighted by molar-refractivity contribution is 4.91. The highest BCUT2D eigenvalue weighted by atomic mass is 16.5. The third kappa shape index (κ3) is 2.99. The molecular weight excluding hydrogens is 244 g/mol. The molecule has 3 rings (SSSR count). The van der Waals surface area contributed by atoms with Gasteiger partial charge in [0.25, 0.3) is 0 Å². The Morgan fingerprint density at radius 2 is 2.42 bits per heavy atom. The average Bonchev–Trinajstić information content (AvgIpc) is 3.03. The Bertz CT molecular complexity index is 508. The molecule has 0 bridgehead atoms. The normalized spacial score (nSPS) is 20.8. The molecule has 7 heteroatoms. The van der Waals surface area contributed by atoms with E-state index in [1.165, 1.54) is 0 Å². The largest absolute Gasteiger partial charge is 0.374 e. The Hall–Kier alpha value is -1.73. The van der Waals surface area contributed by atoms with Gasteiger partial charge in [-0.25, -0.2) is 9.97 Å². The molecule has 0 N–H and O–H groups in total. The molecular formula is C12H18N6O. The van der Waals surface area contributed by atoms with Gasteiger partial charge in [-0.3, -0.25) is 9.58 Å². The monoisotopic (exact) mass is 262 g/mol. The van der Waals surface area contributed by atoms with Gasteiger partial charge in [0.05, 0.1) is 25.8 Å². The van der Waals surface area contributed by atoms with E-state index in [1.54, 1.807) is 12.7 Å². The SMILES string of the molecule is Cn1ccnc1CN1CCO[C@H](Cn2cncn2)C1. The maximum absolute atomic E-state index is 5.77. The molecule has 0 saturated carbocycles. The van der Waals surface area contributed by atoms with Crippen molar-refractivity contribution in [1.29, 1.82) is 0 Å². The number of nitrogens with zero attached hydrogens (tertiary/aromatic N) is 6. The molecule has 0 amide bonds. The highest BCUT2D eigenvalue weighted by Gasteiger charge is 2.22. The number of ether oxygens (including phenoxy) is 1. The van der Waals surface area contributed by atoms with Crippen LogP contribution in [0.25, 0.3) is 0 Å². The van der Waals surface area contributed by atoms with Crippen molar-refractivity contribution in [3.05, 3.63) is 30.9 Å². The quantitative estimate of drug-likeness (QED) is 0.771. The molecule has 102 valence electrons. The molecule has 0 spiro atoms. The first kappa shape index (κ1) is 12.3. The summed E-state index contributed by atoms with van der Waals surface area (Å²) in [6, 6.07) is 0. The number of rotatable bonds is 4. The van der Waals surface area contributed by atoms with Crippen LogP contribution in [-0.2, 0) is 24.9 Å². The zero-order valence-electron chi connectivity index (χ0n) is 11.0. The predicted octanol–water partition coefficient (Wildman–Crippen LogP) is -0.0874. The van der Waals surface area contributed by atoms with Gasteiger partial charge in [0.1, 0.15) is 18.5 Å². The summed E-state index contributed by atoms with van der Waals surface area (Å²) in [5.74, 6) is 1.08. The van der Waals surface area contributed by atoms with Crippen LogP contribution in [0.1, 0.15) is 5.82 Å². The van der Waals surface area contributed by atoms with Crippen molar-refractivity contribution in [1.82, 2.24) is 29.2 Å². The van der Waals surface area contributed by atoms with Crippen molar-refractivity contribution in [3.8, 4) is 0 Å². The van der Waals surface area contributed by atoms with Gasteiger partial charge in [-0.15, -0.1) is 0 Å². The lowest BCUT2D eigenvalue weighted by Gasteiger charge is -2.32. The van der Waals surface area contributed by atoms with E-state index >= 15 is 0 Å². The van der Waals surface area contributed by atoms with Gasteiger partial charge in [-0.1, -0.05) is 0 Å². The lowest BCUT2D eigenvalue weighted by molar-refractivity contribution is -0.0411. The summed E-state index contributed by atoms with van der Waals surface area (Å²) >= 11 is 0. The number of aromatic nitrogens is 5. The first-order valence-corrected chi connectivity index (χ1v) is 6.44. The fraction of sp³-hybridized carbons (Fsp3) is 0.583. The third-order valence-electron chi connectivity index (χ3n) is 3.37. The van der Waals surface area contributed by atoms with E-state index in [0.717, 1.165) is 38.6 Å². The Labute approximate surface area is 111 Å². The summed E-state index contributed by atoms with van der Waals surface area (Å²) in [6.45, 7) is 4.20. The second-order valence-electron chi connectivity index (χ2n) is 4.80. The molecule has 1 atom stereocenters. The topological polar surface area (TPSA) is 61.0 Å². The molecule has 2 aromatic rings. The van der Waals surface area contributed by atoms with Crippen molar-refractivity contribution >= 4 is 0 Å². The minimum absolute atomic E-state index is 0.163. The summed E-state index contributed by atoms with van der Waals surface area (Å²) in [5, 5.41) is 4.12. The minimum atomic E-state index is 0.163. The van der Waals surface area contributed by atoms with Gasteiger partial charge >= 0.3 is 0 Å². The molecule has 1 aliphatic rings. The standard InChI is InChI=1S/C12H18N6O/c1-16-3-2-14-12(16)8-17-4-5-19-11(6-17)7-18-10-13-9-15-18/h2-3,9-11H,4-8H2,1H3/t11-/m0/s1. The number of morpholine rings is 1. The van der Waals surface area contributed by atoms with Crippen molar-refractivity contribution < 1.29 is 4.74 Å². The van der Waals surface area contributed by atoms with Crippen LogP contribution in [0, 0.1) is 0 Å². The lowest BCUT2D eigenvalue weighted by atomic mass is 10.2. The minimum Gasteiger partial charge on any atom is -0.374 e. The Morgan fingerprint density at radius 1 is 1.47 bits per heavy atom. The third-order valence-corrected chi connectivity index (χ3v) is 3.37. The van der Waals surface area contributed by atoms with Crippen molar-refractivity contribution in [2.24, 2.45) is 7.05 Å². The number of aryl methyl sites for hydroxylation is 1. The molecule has 1 fully saturated rings. The molecule has 0 aromatic carbocycles. The number of imidazole rings is 1. The van der Waals surface area contributed by atoms with Crippen LogP contribution in [0.2, 0.25) is 0 Å². The van der Waals surface area contributed by atoms with Gasteiger partial charge in [-0.2, -0.15) is 5.10 Å². The number of hydrogen-bond acceptors (Lipinski definition) is 5. The molecule has 2 aromatic heterocycles. The lowest BCUT2D eigenvalue weighted by Crippen LogP contribution is -2.44. The first-order chi connectivity index (χ1) is 9.31. The zero-order valence-corrected chi connectivity index (χ0v) is 11.0. The molecule has 1 aliphatic heterocycles. The Kier molecular flexibility index (Phi) is 3.56. The highest BCUT2D eigenvalue weighted by Crippen LogP contribution is 2.10. The maximum Gasteiger partial charge on any atom is 0.137 e. The fourth-order valence-electron chi connectivity index (χ4n) is 2.32. The molecule has 1 saturated heterocycles. The molecule has 19 heavy (non-hydrogen) atoms. The Morgan fingerprint density at radius 3 is 3.16 bits per heavy atom. The fourth-order valence-corrected chi connectivity index (χ4v) is 2.32. The van der Waals surface area contributed by atoms with Gasteiger partial charge in [0, 0.05) is 32.5 Å². The second-order valence-corrected chi connectivity index (χ2v) is 4.80. The van der Waals surface area contributed by atoms with Crippen LogP contribution in [0.3, 0.4) is 0 Å². The second kappa shape index (κ2) is 5.50. The van der Waals surface area contributed by atoms with Crippen molar-refractivity contribution in [2.45, 2.75) is 19.2 Å². The van der Waals surface area contributed by atoms with E-state index < -0.39 is 0 Å². The zero-order chi connectivity index (χ0) is 13.1. The molecule has 0 unspecified atom stereocenters. The molecule has 0 aliphatic carbocycles. The van der Waals surface area contributed by atoms with E-state index in [2.05, 4.69) is 24.5 Å². The van der Waals surface area contributed by atoms with Crippen LogP contribution >= 0.6 is 0 Å². The van der Waals surface area contributed by atoms with Crippen LogP contribution < -0.4 is 0 Å². The smallest absolute Gasteiger partial charge is 0.137 e. The van der Waals surface area contributed by atoms with E-state index in [1.807, 2.05) is 24.1 Å². The van der Waals surface area contributed by atoms with Gasteiger partial charge in [0.15, 0.2) is 0 Å². The summed E-state index contributed by atoms with van der Waals surface area (Å²) in [4.78, 5) is 10.7. The summed E-state index contributed by atoms with van der Waals surface area (Å²) in [6.07, 6.45) is 7.25. The van der Waals surface area contributed by atoms with Crippen molar-refractivity contribution in [2.75, 3.05) is 19.7 Å². The first-order valence-electron chi connectivity index (χ1n) is 6.44. The molecule has 7 nitrogen and oxygen atoms in total. The summed E-state index contributed by atoms with van der Waals surface area (Å²) in [7, 11) is 2.02. The van der Waals surface area contributed by atoms with Gasteiger partial charge in [-0.05, 0) is 0 Å². The van der Waals surface area contributed by atoms with Crippen LogP contribution in [0.5, 0.6) is 0 Å². The van der Waals surface area contributed by atoms with Crippen molar-refractivity contribution in [3.63, 3.8) is 0 Å². The van der Waals surface area contributed by atoms with E-state index in [4.69, 9.17) is 4.74 Å². The van der Waals surface area contributed by atoms with E-state index in [0.29, 0.717) is 0 Å². The molecule has 0 radical (unpaired) electrons. The van der Waals surface area contributed by atoms with E-state index in [9.17, 15) is 0 Å². The number of hydrogen-bond donors (Lipinski definition) is 0. The van der Waals surface area contributed by atoms with Crippen LogP contribution in [0.4, 0.5) is 0 Å². The average molecular weight is 262 g/mol. The van der Waals surface area contributed by atoms with Crippen LogP contribution in [-0.4, -0.2) is 55.0 Å². The predicted molar refractivity (Wildman–Crippen MR) is 68.2 cm³/mol. The summed E-state index contributed by atoms with van der Waals surface area (Å²) in [5.41, 5.74) is 0. The summed E-state index contributed by atoms with van der Waals surface area (Å²) < 4.78 is 9.65. The van der Waals surface area contributed by atoms with E-state index in [-0.39, 0.29) is 6.10 Å². The maximum atomic E-state index is 5.77.